The van der Waals surface area contributed by atoms with Gasteiger partial charge >= 0.3 is 5.97 Å². The van der Waals surface area contributed by atoms with Crippen molar-refractivity contribution in [3.8, 4) is 17.1 Å². The quantitative estimate of drug-likeness (QED) is 0.555. The lowest BCUT2D eigenvalue weighted by Gasteiger charge is -2.36. The molecule has 0 aliphatic carbocycles. The zero-order valence-electron chi connectivity index (χ0n) is 18.7. The van der Waals surface area contributed by atoms with E-state index in [-0.39, 0.29) is 17.8 Å². The van der Waals surface area contributed by atoms with Crippen molar-refractivity contribution in [1.29, 1.82) is 0 Å². The van der Waals surface area contributed by atoms with Crippen molar-refractivity contribution in [3.05, 3.63) is 53.3 Å². The van der Waals surface area contributed by atoms with Crippen LogP contribution >= 0.6 is 0 Å². The molecule has 4 rings (SSSR count). The van der Waals surface area contributed by atoms with Gasteiger partial charge in [0.25, 0.3) is 6.47 Å². The van der Waals surface area contributed by atoms with E-state index in [9.17, 15) is 9.90 Å². The standard InChI is InChI=1S/C22H24N4O4.CH2O2/c1-14-12-17(13-15(2)23-14)25-8-10-26(11-9-25)21-19(22(27)28)20(30-24-21)16-4-6-18(29-3)7-5-16;2-1-3/h4-7,12-13H,8-11H2,1-3H3,(H,27,28);1H,(H,2,3). The Morgan fingerprint density at radius 3 is 2.12 bits per heavy atom. The SMILES string of the molecule is COc1ccc(-c2onc(N3CCN(c4cc(C)nc(C)c4)CC3)c2C(=O)O)cc1.O=CO. The fourth-order valence-corrected chi connectivity index (χ4v) is 3.80. The number of rotatable bonds is 5. The number of pyridine rings is 1. The second-order valence-electron chi connectivity index (χ2n) is 7.43. The normalized spacial score (nSPS) is 13.2. The van der Waals surface area contributed by atoms with E-state index in [0.717, 1.165) is 30.2 Å². The van der Waals surface area contributed by atoms with Gasteiger partial charge < -0.3 is 29.3 Å². The zero-order valence-corrected chi connectivity index (χ0v) is 18.7. The van der Waals surface area contributed by atoms with Gasteiger partial charge in [0.1, 0.15) is 5.75 Å². The number of benzene rings is 1. The van der Waals surface area contributed by atoms with Crippen LogP contribution in [0.5, 0.6) is 5.75 Å². The first-order chi connectivity index (χ1) is 15.9. The topological polar surface area (TPSA) is 129 Å². The van der Waals surface area contributed by atoms with Gasteiger partial charge in [0.05, 0.1) is 7.11 Å². The van der Waals surface area contributed by atoms with E-state index < -0.39 is 5.97 Å². The Bertz CT molecular complexity index is 1080. The average Bonchev–Trinajstić information content (AvgIpc) is 3.25. The second kappa shape index (κ2) is 10.5. The molecule has 0 amide bonds. The van der Waals surface area contributed by atoms with Crippen molar-refractivity contribution in [2.75, 3.05) is 43.1 Å². The molecule has 1 aromatic carbocycles. The molecule has 0 atom stereocenters. The Labute approximate surface area is 191 Å². The predicted molar refractivity (Wildman–Crippen MR) is 122 cm³/mol. The average molecular weight is 454 g/mol. The van der Waals surface area contributed by atoms with E-state index in [1.54, 1.807) is 31.4 Å². The lowest BCUT2D eigenvalue weighted by atomic mass is 10.1. The van der Waals surface area contributed by atoms with Gasteiger partial charge in [-0.3, -0.25) is 9.78 Å². The fraction of sp³-hybridized carbons (Fsp3) is 0.304. The van der Waals surface area contributed by atoms with E-state index in [0.29, 0.717) is 30.2 Å². The van der Waals surface area contributed by atoms with Gasteiger partial charge in [-0.05, 0) is 50.2 Å². The van der Waals surface area contributed by atoms with E-state index >= 15 is 0 Å². The Hall–Kier alpha value is -4.08. The first kappa shape index (κ1) is 23.6. The summed E-state index contributed by atoms with van der Waals surface area (Å²) in [6.07, 6.45) is 0. The first-order valence-electron chi connectivity index (χ1n) is 10.3. The van der Waals surface area contributed by atoms with Crippen molar-refractivity contribution in [3.63, 3.8) is 0 Å². The number of methoxy groups -OCH3 is 1. The summed E-state index contributed by atoms with van der Waals surface area (Å²) in [5.41, 5.74) is 3.84. The number of hydrogen-bond acceptors (Lipinski definition) is 8. The number of carboxylic acid groups (broad SMARTS) is 2. The third-order valence-electron chi connectivity index (χ3n) is 5.25. The maximum Gasteiger partial charge on any atom is 0.343 e. The van der Waals surface area contributed by atoms with Crippen LogP contribution in [0, 0.1) is 13.8 Å². The molecule has 1 fully saturated rings. The molecule has 0 unspecified atom stereocenters. The van der Waals surface area contributed by atoms with Gasteiger partial charge in [0, 0.05) is 48.8 Å². The highest BCUT2D eigenvalue weighted by Gasteiger charge is 2.29. The van der Waals surface area contributed by atoms with E-state index in [4.69, 9.17) is 19.2 Å². The van der Waals surface area contributed by atoms with Crippen LogP contribution in [0.1, 0.15) is 21.7 Å². The molecule has 0 bridgehead atoms. The third-order valence-corrected chi connectivity index (χ3v) is 5.25. The molecular weight excluding hydrogens is 428 g/mol. The number of carboxylic acids is 1. The summed E-state index contributed by atoms with van der Waals surface area (Å²) in [7, 11) is 1.58. The van der Waals surface area contributed by atoms with Crippen molar-refractivity contribution < 1.29 is 29.1 Å². The summed E-state index contributed by atoms with van der Waals surface area (Å²) in [6.45, 7) is 6.54. The minimum absolute atomic E-state index is 0.0872. The number of ether oxygens (including phenoxy) is 1. The number of aromatic carboxylic acids is 1. The molecule has 33 heavy (non-hydrogen) atoms. The van der Waals surface area contributed by atoms with Crippen molar-refractivity contribution in [1.82, 2.24) is 10.1 Å². The Kier molecular flexibility index (Phi) is 7.50. The number of anilines is 2. The highest BCUT2D eigenvalue weighted by molar-refractivity contribution is 5.99. The molecule has 2 N–H and O–H groups in total. The molecule has 1 aliphatic heterocycles. The summed E-state index contributed by atoms with van der Waals surface area (Å²) in [4.78, 5) is 29.1. The van der Waals surface area contributed by atoms with Crippen LogP contribution in [0.4, 0.5) is 11.5 Å². The van der Waals surface area contributed by atoms with Crippen molar-refractivity contribution in [2.24, 2.45) is 0 Å². The van der Waals surface area contributed by atoms with Gasteiger partial charge in [-0.25, -0.2) is 4.79 Å². The molecule has 1 aliphatic rings. The Morgan fingerprint density at radius 2 is 1.61 bits per heavy atom. The summed E-state index contributed by atoms with van der Waals surface area (Å²) >= 11 is 0. The third kappa shape index (κ3) is 5.40. The molecule has 10 nitrogen and oxygen atoms in total. The van der Waals surface area contributed by atoms with Gasteiger partial charge in [-0.15, -0.1) is 0 Å². The van der Waals surface area contributed by atoms with Gasteiger partial charge in [0.2, 0.25) is 0 Å². The molecule has 174 valence electrons. The predicted octanol–water partition coefficient (Wildman–Crippen LogP) is 3.09. The number of hydrogen-bond donors (Lipinski definition) is 2. The van der Waals surface area contributed by atoms with Gasteiger partial charge in [0.15, 0.2) is 17.1 Å². The molecule has 0 radical (unpaired) electrons. The zero-order chi connectivity index (χ0) is 24.0. The molecule has 0 saturated carbocycles. The number of carbonyl (C=O) groups is 2. The minimum atomic E-state index is -1.06. The molecule has 3 aromatic rings. The monoisotopic (exact) mass is 454 g/mol. The highest BCUT2D eigenvalue weighted by atomic mass is 16.5. The van der Waals surface area contributed by atoms with E-state index in [1.807, 2.05) is 18.7 Å². The Balaban J connectivity index is 0.000000968. The number of aryl methyl sites for hydroxylation is 2. The van der Waals surface area contributed by atoms with E-state index in [2.05, 4.69) is 27.2 Å². The van der Waals surface area contributed by atoms with Crippen molar-refractivity contribution in [2.45, 2.75) is 13.8 Å². The molecule has 10 heteroatoms. The van der Waals surface area contributed by atoms with Crippen LogP contribution in [-0.2, 0) is 4.79 Å². The minimum Gasteiger partial charge on any atom is -0.497 e. The molecule has 3 heterocycles. The molecule has 2 aromatic heterocycles. The largest absolute Gasteiger partial charge is 0.497 e. The van der Waals surface area contributed by atoms with Crippen LogP contribution in [0.2, 0.25) is 0 Å². The molecular formula is C23H26N4O6. The summed E-state index contributed by atoms with van der Waals surface area (Å²) in [6, 6.07) is 11.2. The second-order valence-corrected chi connectivity index (χ2v) is 7.43. The Morgan fingerprint density at radius 1 is 1.06 bits per heavy atom. The number of piperazine rings is 1. The van der Waals surface area contributed by atoms with Crippen LogP contribution in [0.25, 0.3) is 11.3 Å². The van der Waals surface area contributed by atoms with Crippen LogP contribution in [-0.4, -0.2) is 66.1 Å². The highest BCUT2D eigenvalue weighted by Crippen LogP contribution is 2.33. The maximum absolute atomic E-state index is 12.0. The summed E-state index contributed by atoms with van der Waals surface area (Å²) < 4.78 is 10.6. The summed E-state index contributed by atoms with van der Waals surface area (Å²) in [5, 5.41) is 20.9. The van der Waals surface area contributed by atoms with E-state index in [1.165, 1.54) is 0 Å². The number of nitrogens with zero attached hydrogens (tertiary/aromatic N) is 4. The fourth-order valence-electron chi connectivity index (χ4n) is 3.80. The van der Waals surface area contributed by atoms with Crippen LogP contribution in [0.15, 0.2) is 40.9 Å². The van der Waals surface area contributed by atoms with Crippen LogP contribution < -0.4 is 14.5 Å². The van der Waals surface area contributed by atoms with Gasteiger partial charge in [-0.2, -0.15) is 0 Å². The molecule has 0 spiro atoms. The summed E-state index contributed by atoms with van der Waals surface area (Å²) in [5.74, 6) is 0.256. The number of aromatic nitrogens is 2. The lowest BCUT2D eigenvalue weighted by molar-refractivity contribution is -0.122. The smallest absolute Gasteiger partial charge is 0.343 e. The first-order valence-corrected chi connectivity index (χ1v) is 10.3. The molecule has 1 saturated heterocycles. The lowest BCUT2D eigenvalue weighted by Crippen LogP contribution is -2.47. The maximum atomic E-state index is 12.0. The van der Waals surface area contributed by atoms with Crippen LogP contribution in [0.3, 0.4) is 0 Å². The van der Waals surface area contributed by atoms with Gasteiger partial charge in [-0.1, -0.05) is 5.16 Å². The van der Waals surface area contributed by atoms with Crippen molar-refractivity contribution >= 4 is 23.9 Å².